The van der Waals surface area contributed by atoms with Gasteiger partial charge in [-0.1, -0.05) is 17.7 Å². The Labute approximate surface area is 142 Å². The normalized spacial score (nSPS) is 14.5. The molecule has 3 rings (SSSR count). The summed E-state index contributed by atoms with van der Waals surface area (Å²) in [5.74, 6) is -0.242. The van der Waals surface area contributed by atoms with E-state index in [9.17, 15) is 13.2 Å². The lowest BCUT2D eigenvalue weighted by Gasteiger charge is -2.04. The maximum absolute atomic E-state index is 12.0. The van der Waals surface area contributed by atoms with Crippen molar-refractivity contribution in [1.82, 2.24) is 4.98 Å². The highest BCUT2D eigenvalue weighted by Crippen LogP contribution is 2.30. The second-order valence-corrected chi connectivity index (χ2v) is 8.48. The number of nitrogens with zero attached hydrogens (tertiary/aromatic N) is 1. The van der Waals surface area contributed by atoms with E-state index in [-0.39, 0.29) is 17.6 Å². The predicted octanol–water partition coefficient (Wildman–Crippen LogP) is 2.88. The Bertz CT molecular complexity index is 831. The van der Waals surface area contributed by atoms with Crippen molar-refractivity contribution in [2.45, 2.75) is 24.5 Å². The zero-order chi connectivity index (χ0) is 16.4. The van der Waals surface area contributed by atoms with Crippen molar-refractivity contribution in [3.8, 4) is 0 Å². The molecule has 9 heteroatoms. The minimum Gasteiger partial charge on any atom is -0.326 e. The van der Waals surface area contributed by atoms with Crippen LogP contribution in [0.3, 0.4) is 0 Å². The van der Waals surface area contributed by atoms with Gasteiger partial charge < -0.3 is 5.32 Å². The van der Waals surface area contributed by atoms with Crippen LogP contribution in [-0.2, 0) is 21.2 Å². The van der Waals surface area contributed by atoms with Crippen LogP contribution in [0, 0.1) is 0 Å². The van der Waals surface area contributed by atoms with Gasteiger partial charge in [-0.25, -0.2) is 13.4 Å². The van der Waals surface area contributed by atoms with Gasteiger partial charge in [0.25, 0.3) is 0 Å². The number of benzene rings is 1. The number of amides is 1. The number of sulfonamides is 1. The van der Waals surface area contributed by atoms with Crippen molar-refractivity contribution in [2.24, 2.45) is 0 Å². The summed E-state index contributed by atoms with van der Waals surface area (Å²) in [6.07, 6.45) is 1.44. The van der Waals surface area contributed by atoms with Gasteiger partial charge in [0.1, 0.15) is 0 Å². The molecule has 1 fully saturated rings. The smallest absolute Gasteiger partial charge is 0.237 e. The summed E-state index contributed by atoms with van der Waals surface area (Å²) in [5.41, 5.74) is 1.12. The fraction of sp³-hybridized carbons (Fsp3) is 0.286. The lowest BCUT2D eigenvalue weighted by atomic mass is 10.3. The minimum absolute atomic E-state index is 0.0637. The first kappa shape index (κ1) is 16.2. The number of carbonyl (C=O) groups is 1. The number of thiazole rings is 1. The van der Waals surface area contributed by atoms with Crippen LogP contribution in [0.5, 0.6) is 0 Å². The van der Waals surface area contributed by atoms with E-state index < -0.39 is 10.0 Å². The molecule has 1 aliphatic rings. The Morgan fingerprint density at radius 1 is 1.39 bits per heavy atom. The van der Waals surface area contributed by atoms with Crippen molar-refractivity contribution in [3.05, 3.63) is 40.4 Å². The molecule has 1 aromatic carbocycles. The molecule has 1 saturated carbocycles. The van der Waals surface area contributed by atoms with E-state index in [2.05, 4.69) is 15.0 Å². The first-order valence-corrected chi connectivity index (χ1v) is 9.74. The zero-order valence-corrected chi connectivity index (χ0v) is 14.3. The van der Waals surface area contributed by atoms with Crippen molar-refractivity contribution in [3.63, 3.8) is 0 Å². The fourth-order valence-electron chi connectivity index (χ4n) is 1.95. The number of aromatic nitrogens is 1. The van der Waals surface area contributed by atoms with Gasteiger partial charge in [-0.2, -0.15) is 0 Å². The van der Waals surface area contributed by atoms with Gasteiger partial charge in [0.2, 0.25) is 15.9 Å². The van der Waals surface area contributed by atoms with E-state index in [0.717, 1.165) is 0 Å². The van der Waals surface area contributed by atoms with Crippen LogP contribution in [0.1, 0.15) is 18.5 Å². The second-order valence-electron chi connectivity index (χ2n) is 5.23. The SMILES string of the molecule is O=C(Cc1csc(NS(=O)(=O)C2CC2)n1)Nc1cccc(Cl)c1. The number of carbonyl (C=O) groups excluding carboxylic acids is 1. The topological polar surface area (TPSA) is 88.2 Å². The quantitative estimate of drug-likeness (QED) is 0.817. The molecule has 1 amide bonds. The van der Waals surface area contributed by atoms with Gasteiger partial charge in [-0.05, 0) is 31.0 Å². The molecule has 23 heavy (non-hydrogen) atoms. The summed E-state index contributed by atoms with van der Waals surface area (Å²) in [7, 11) is -3.33. The summed E-state index contributed by atoms with van der Waals surface area (Å²) in [6, 6.07) is 6.84. The first-order chi connectivity index (χ1) is 10.9. The number of halogens is 1. The van der Waals surface area contributed by atoms with Crippen molar-refractivity contribution in [2.75, 3.05) is 10.0 Å². The third-order valence-electron chi connectivity index (χ3n) is 3.19. The molecule has 2 N–H and O–H groups in total. The van der Waals surface area contributed by atoms with E-state index in [0.29, 0.717) is 34.4 Å². The molecule has 1 aliphatic carbocycles. The number of nitrogens with one attached hydrogen (secondary N) is 2. The number of hydrogen-bond acceptors (Lipinski definition) is 5. The average Bonchev–Trinajstić information content (AvgIpc) is 3.23. The zero-order valence-electron chi connectivity index (χ0n) is 12.0. The monoisotopic (exact) mass is 371 g/mol. The summed E-state index contributed by atoms with van der Waals surface area (Å²) in [4.78, 5) is 16.1. The summed E-state index contributed by atoms with van der Waals surface area (Å²) < 4.78 is 26.1. The van der Waals surface area contributed by atoms with Crippen LogP contribution < -0.4 is 10.0 Å². The standard InChI is InChI=1S/C14H14ClN3O3S2/c15-9-2-1-3-10(6-9)16-13(19)7-11-8-22-14(17-11)18-23(20,21)12-4-5-12/h1-3,6,8,12H,4-5,7H2,(H,16,19)(H,17,18). The van der Waals surface area contributed by atoms with Crippen LogP contribution >= 0.6 is 22.9 Å². The van der Waals surface area contributed by atoms with Crippen LogP contribution in [0.2, 0.25) is 5.02 Å². The maximum Gasteiger partial charge on any atom is 0.237 e. The van der Waals surface area contributed by atoms with Crippen molar-refractivity contribution < 1.29 is 13.2 Å². The fourth-order valence-corrected chi connectivity index (χ4v) is 4.45. The number of hydrogen-bond donors (Lipinski definition) is 2. The average molecular weight is 372 g/mol. The first-order valence-electron chi connectivity index (χ1n) is 6.94. The number of anilines is 2. The highest BCUT2D eigenvalue weighted by Gasteiger charge is 2.36. The molecule has 0 unspecified atom stereocenters. The predicted molar refractivity (Wildman–Crippen MR) is 91.5 cm³/mol. The minimum atomic E-state index is -3.33. The van der Waals surface area contributed by atoms with Gasteiger partial charge >= 0.3 is 0 Å². The van der Waals surface area contributed by atoms with E-state index in [1.165, 1.54) is 11.3 Å². The molecule has 0 spiro atoms. The highest BCUT2D eigenvalue weighted by molar-refractivity contribution is 7.93. The van der Waals surface area contributed by atoms with E-state index in [1.807, 2.05) is 0 Å². The van der Waals surface area contributed by atoms with Crippen molar-refractivity contribution >= 4 is 49.7 Å². The van der Waals surface area contributed by atoms with Gasteiger partial charge in [0.15, 0.2) is 5.13 Å². The van der Waals surface area contributed by atoms with Crippen LogP contribution in [0.15, 0.2) is 29.6 Å². The van der Waals surface area contributed by atoms with Gasteiger partial charge in [0.05, 0.1) is 17.4 Å². The molecule has 1 aromatic heterocycles. The molecule has 0 atom stereocenters. The highest BCUT2D eigenvalue weighted by atomic mass is 35.5. The largest absolute Gasteiger partial charge is 0.326 e. The van der Waals surface area contributed by atoms with E-state index >= 15 is 0 Å². The van der Waals surface area contributed by atoms with Gasteiger partial charge in [0, 0.05) is 16.1 Å². The summed E-state index contributed by atoms with van der Waals surface area (Å²) in [5, 5.41) is 4.91. The molecule has 1 heterocycles. The Hall–Kier alpha value is -1.64. The maximum atomic E-state index is 12.0. The Kier molecular flexibility index (Phi) is 4.56. The van der Waals surface area contributed by atoms with E-state index in [4.69, 9.17) is 11.6 Å². The third kappa shape index (κ3) is 4.43. The molecule has 6 nitrogen and oxygen atoms in total. The molecule has 0 aliphatic heterocycles. The summed E-state index contributed by atoms with van der Waals surface area (Å²) >= 11 is 7.03. The number of rotatable bonds is 6. The molecule has 2 aromatic rings. The lowest BCUT2D eigenvalue weighted by Crippen LogP contribution is -2.17. The van der Waals surface area contributed by atoms with Gasteiger partial charge in [-0.3, -0.25) is 9.52 Å². The van der Waals surface area contributed by atoms with E-state index in [1.54, 1.807) is 29.6 Å². The molecule has 0 bridgehead atoms. The molecule has 0 radical (unpaired) electrons. The molecule has 0 saturated heterocycles. The van der Waals surface area contributed by atoms with Crippen LogP contribution in [0.25, 0.3) is 0 Å². The van der Waals surface area contributed by atoms with Crippen LogP contribution in [0.4, 0.5) is 10.8 Å². The van der Waals surface area contributed by atoms with Crippen LogP contribution in [-0.4, -0.2) is 24.6 Å². The Morgan fingerprint density at radius 2 is 2.17 bits per heavy atom. The van der Waals surface area contributed by atoms with Gasteiger partial charge in [-0.15, -0.1) is 11.3 Å². The summed E-state index contributed by atoms with van der Waals surface area (Å²) in [6.45, 7) is 0. The molecular formula is C14H14ClN3O3S2. The molecular weight excluding hydrogens is 358 g/mol. The Morgan fingerprint density at radius 3 is 2.87 bits per heavy atom. The molecule has 122 valence electrons. The lowest BCUT2D eigenvalue weighted by molar-refractivity contribution is -0.115. The third-order valence-corrected chi connectivity index (χ3v) is 6.19. The Balaban J connectivity index is 1.59. The van der Waals surface area contributed by atoms with Crippen molar-refractivity contribution in [1.29, 1.82) is 0 Å². The second kappa shape index (κ2) is 6.46.